The summed E-state index contributed by atoms with van der Waals surface area (Å²) >= 11 is 1.44. The molecule has 1 saturated heterocycles. The Morgan fingerprint density at radius 1 is 1.00 bits per heavy atom. The second-order valence-corrected chi connectivity index (χ2v) is 8.34. The number of hydrogen-bond acceptors (Lipinski definition) is 5. The maximum atomic E-state index is 12.6. The maximum Gasteiger partial charge on any atom is 0.321 e. The van der Waals surface area contributed by atoms with Crippen LogP contribution in [0.15, 0.2) is 48.5 Å². The molecule has 4 rings (SSSR count). The van der Waals surface area contributed by atoms with E-state index in [0.29, 0.717) is 13.1 Å². The molecule has 7 heteroatoms. The largest absolute Gasteiger partial charge is 0.343 e. The molecule has 30 heavy (non-hydrogen) atoms. The van der Waals surface area contributed by atoms with Crippen molar-refractivity contribution in [3.8, 4) is 0 Å². The van der Waals surface area contributed by atoms with Crippen molar-refractivity contribution >= 4 is 28.4 Å². The Morgan fingerprint density at radius 2 is 1.67 bits per heavy atom. The van der Waals surface area contributed by atoms with Crippen LogP contribution in [0.3, 0.4) is 0 Å². The van der Waals surface area contributed by atoms with Gasteiger partial charge in [0.25, 0.3) is 0 Å². The van der Waals surface area contributed by atoms with Crippen molar-refractivity contribution in [2.24, 2.45) is 0 Å². The highest BCUT2D eigenvalue weighted by Gasteiger charge is 2.23. The van der Waals surface area contributed by atoms with Crippen LogP contribution in [-0.2, 0) is 12.8 Å². The van der Waals surface area contributed by atoms with E-state index in [1.54, 1.807) is 0 Å². The number of aromatic nitrogens is 2. The van der Waals surface area contributed by atoms with Crippen LogP contribution in [0.2, 0.25) is 0 Å². The molecule has 2 amide bonds. The van der Waals surface area contributed by atoms with Crippen molar-refractivity contribution in [1.82, 2.24) is 14.3 Å². The second-order valence-electron chi connectivity index (χ2n) is 7.61. The molecule has 2 aromatic carbocycles. The van der Waals surface area contributed by atoms with Crippen LogP contribution >= 0.6 is 11.5 Å². The minimum absolute atomic E-state index is 0.0452. The molecule has 0 aliphatic carbocycles. The third-order valence-electron chi connectivity index (χ3n) is 5.39. The summed E-state index contributed by atoms with van der Waals surface area (Å²) in [7, 11) is 0. The molecule has 0 atom stereocenters. The fourth-order valence-electron chi connectivity index (χ4n) is 3.46. The Labute approximate surface area is 181 Å². The number of anilines is 2. The predicted molar refractivity (Wildman–Crippen MR) is 123 cm³/mol. The van der Waals surface area contributed by atoms with Gasteiger partial charge in [0.1, 0.15) is 5.82 Å². The van der Waals surface area contributed by atoms with Crippen LogP contribution < -0.4 is 10.2 Å². The van der Waals surface area contributed by atoms with E-state index in [4.69, 9.17) is 4.98 Å². The van der Waals surface area contributed by atoms with E-state index in [2.05, 4.69) is 64.8 Å². The van der Waals surface area contributed by atoms with Gasteiger partial charge < -0.3 is 15.1 Å². The highest BCUT2D eigenvalue weighted by molar-refractivity contribution is 7.09. The van der Waals surface area contributed by atoms with Gasteiger partial charge in [-0.15, -0.1) is 0 Å². The van der Waals surface area contributed by atoms with Crippen LogP contribution in [0, 0.1) is 6.92 Å². The van der Waals surface area contributed by atoms with Gasteiger partial charge in [-0.25, -0.2) is 9.78 Å². The Kier molecular flexibility index (Phi) is 6.28. The first kappa shape index (κ1) is 20.3. The summed E-state index contributed by atoms with van der Waals surface area (Å²) in [6, 6.07) is 16.5. The lowest BCUT2D eigenvalue weighted by molar-refractivity contribution is 0.208. The molecule has 1 aromatic heterocycles. The minimum Gasteiger partial charge on any atom is -0.343 e. The minimum atomic E-state index is -0.0452. The van der Waals surface area contributed by atoms with Crippen molar-refractivity contribution in [3.63, 3.8) is 0 Å². The monoisotopic (exact) mass is 421 g/mol. The average Bonchev–Trinajstić information content (AvgIpc) is 3.24. The Balaban J connectivity index is 1.29. The molecular weight excluding hydrogens is 394 g/mol. The molecule has 0 unspecified atom stereocenters. The number of nitrogens with one attached hydrogen (secondary N) is 1. The molecule has 0 spiro atoms. The normalized spacial score (nSPS) is 14.1. The zero-order valence-electron chi connectivity index (χ0n) is 17.5. The van der Waals surface area contributed by atoms with Gasteiger partial charge in [0.15, 0.2) is 0 Å². The second kappa shape index (κ2) is 9.26. The number of aryl methyl sites for hydroxylation is 2. The molecule has 1 N–H and O–H groups in total. The van der Waals surface area contributed by atoms with E-state index in [1.165, 1.54) is 28.2 Å². The molecule has 1 fully saturated rings. The van der Waals surface area contributed by atoms with Crippen molar-refractivity contribution in [2.75, 3.05) is 36.4 Å². The molecule has 3 aromatic rings. The van der Waals surface area contributed by atoms with Gasteiger partial charge in [0, 0.05) is 49.8 Å². The van der Waals surface area contributed by atoms with Gasteiger partial charge in [-0.2, -0.15) is 4.37 Å². The molecule has 0 radical (unpaired) electrons. The van der Waals surface area contributed by atoms with Gasteiger partial charge in [-0.05, 0) is 36.6 Å². The Bertz CT molecular complexity index is 976. The third kappa shape index (κ3) is 4.97. The van der Waals surface area contributed by atoms with Gasteiger partial charge in [-0.3, -0.25) is 0 Å². The summed E-state index contributed by atoms with van der Waals surface area (Å²) in [6.07, 6.45) is 1.74. The van der Waals surface area contributed by atoms with E-state index in [0.717, 1.165) is 42.6 Å². The molecule has 0 saturated carbocycles. The number of rotatable bonds is 5. The first-order valence-electron chi connectivity index (χ1n) is 10.4. The topological polar surface area (TPSA) is 61.4 Å². The maximum absolute atomic E-state index is 12.6. The first-order chi connectivity index (χ1) is 14.6. The van der Waals surface area contributed by atoms with Gasteiger partial charge in [0.05, 0.1) is 0 Å². The van der Waals surface area contributed by atoms with E-state index >= 15 is 0 Å². The summed E-state index contributed by atoms with van der Waals surface area (Å²) < 4.78 is 4.53. The lowest BCUT2D eigenvalue weighted by Crippen LogP contribution is -2.50. The number of nitrogens with zero attached hydrogens (tertiary/aromatic N) is 4. The molecule has 156 valence electrons. The zero-order chi connectivity index (χ0) is 20.9. The Hall–Kier alpha value is -2.93. The van der Waals surface area contributed by atoms with Gasteiger partial charge in [-0.1, -0.05) is 48.9 Å². The van der Waals surface area contributed by atoms with E-state index in [-0.39, 0.29) is 6.03 Å². The summed E-state index contributed by atoms with van der Waals surface area (Å²) in [5, 5.41) is 3.93. The van der Waals surface area contributed by atoms with Crippen LogP contribution in [0.25, 0.3) is 0 Å². The molecule has 1 aliphatic rings. The Morgan fingerprint density at radius 3 is 2.33 bits per heavy atom. The van der Waals surface area contributed by atoms with Gasteiger partial charge in [0.2, 0.25) is 5.13 Å². The number of carbonyl (C=O) groups is 1. The average molecular weight is 422 g/mol. The van der Waals surface area contributed by atoms with Crippen molar-refractivity contribution in [3.05, 3.63) is 71.0 Å². The van der Waals surface area contributed by atoms with E-state index in [1.807, 2.05) is 17.0 Å². The number of benzene rings is 2. The van der Waals surface area contributed by atoms with Crippen LogP contribution in [-0.4, -0.2) is 46.5 Å². The molecule has 1 aliphatic heterocycles. The fraction of sp³-hybridized carbons (Fsp3) is 0.348. The lowest BCUT2D eigenvalue weighted by atomic mass is 10.1. The third-order valence-corrected chi connectivity index (χ3v) is 6.21. The van der Waals surface area contributed by atoms with Crippen LogP contribution in [0.4, 0.5) is 15.6 Å². The van der Waals surface area contributed by atoms with Crippen molar-refractivity contribution < 1.29 is 4.79 Å². The summed E-state index contributed by atoms with van der Waals surface area (Å²) in [6.45, 7) is 7.08. The molecule has 6 nitrogen and oxygen atoms in total. The van der Waals surface area contributed by atoms with Crippen LogP contribution in [0.1, 0.15) is 29.4 Å². The smallest absolute Gasteiger partial charge is 0.321 e. The SMILES string of the molecule is CCc1ccc(NC(=O)N2CCN(c3nc(Cc4ccc(C)cc4)ns3)CC2)cc1. The van der Waals surface area contributed by atoms with Crippen molar-refractivity contribution in [2.45, 2.75) is 26.7 Å². The number of urea groups is 1. The molecule has 0 bridgehead atoms. The van der Waals surface area contributed by atoms with Crippen molar-refractivity contribution in [1.29, 1.82) is 0 Å². The molecule has 2 heterocycles. The van der Waals surface area contributed by atoms with Crippen LogP contribution in [0.5, 0.6) is 0 Å². The highest BCUT2D eigenvalue weighted by atomic mass is 32.1. The predicted octanol–water partition coefficient (Wildman–Crippen LogP) is 4.35. The standard InChI is InChI=1S/C23H27N5OS/c1-3-18-8-10-20(11-9-18)24-22(29)27-12-14-28(15-13-27)23-25-21(26-30-23)16-19-6-4-17(2)5-7-19/h4-11H,3,12-16H2,1-2H3,(H,24,29). The summed E-state index contributed by atoms with van der Waals surface area (Å²) in [5.74, 6) is 0.856. The number of amides is 2. The lowest BCUT2D eigenvalue weighted by Gasteiger charge is -2.34. The van der Waals surface area contributed by atoms with E-state index in [9.17, 15) is 4.79 Å². The quantitative estimate of drug-likeness (QED) is 0.665. The van der Waals surface area contributed by atoms with E-state index < -0.39 is 0 Å². The number of piperazine rings is 1. The first-order valence-corrected chi connectivity index (χ1v) is 11.2. The zero-order valence-corrected chi connectivity index (χ0v) is 18.3. The van der Waals surface area contributed by atoms with Gasteiger partial charge >= 0.3 is 6.03 Å². The number of carbonyl (C=O) groups excluding carboxylic acids is 1. The fourth-order valence-corrected chi connectivity index (χ4v) is 4.20. The highest BCUT2D eigenvalue weighted by Crippen LogP contribution is 2.21. The summed E-state index contributed by atoms with van der Waals surface area (Å²) in [5.41, 5.74) is 4.58. The summed E-state index contributed by atoms with van der Waals surface area (Å²) in [4.78, 5) is 21.4. The molecular formula is C23H27N5OS. The number of hydrogen-bond donors (Lipinski definition) is 1.